The lowest BCUT2D eigenvalue weighted by molar-refractivity contribution is 0.116. The van der Waals surface area contributed by atoms with Gasteiger partial charge in [-0.05, 0) is 24.7 Å². The summed E-state index contributed by atoms with van der Waals surface area (Å²) in [5.41, 5.74) is 0.652. The fraction of sp³-hybridized carbons (Fsp3) is 0.400. The molecule has 142 valence electrons. The van der Waals surface area contributed by atoms with Crippen molar-refractivity contribution in [2.75, 3.05) is 37.7 Å². The number of likely N-dealkylation sites (N-methyl/N-ethyl adjacent to an activating group) is 1. The highest BCUT2D eigenvalue weighted by atomic mass is 19.1. The molecule has 0 bridgehead atoms. The normalized spacial score (nSPS) is 17.6. The Hall–Kier alpha value is -2.69. The molecule has 27 heavy (non-hydrogen) atoms. The highest BCUT2D eigenvalue weighted by molar-refractivity contribution is 5.41. The van der Waals surface area contributed by atoms with E-state index < -0.39 is 5.82 Å². The second kappa shape index (κ2) is 8.80. The van der Waals surface area contributed by atoms with Crippen LogP contribution in [0.1, 0.15) is 18.1 Å². The van der Waals surface area contributed by atoms with Gasteiger partial charge in [-0.25, -0.2) is 4.39 Å². The second-order valence-electron chi connectivity index (χ2n) is 6.45. The van der Waals surface area contributed by atoms with Gasteiger partial charge in [-0.3, -0.25) is 4.90 Å². The Morgan fingerprint density at radius 2 is 2.19 bits per heavy atom. The third kappa shape index (κ3) is 4.54. The second-order valence-corrected chi connectivity index (χ2v) is 6.45. The highest BCUT2D eigenvalue weighted by Gasteiger charge is 2.26. The van der Waals surface area contributed by atoms with Crippen LogP contribution in [0, 0.1) is 17.1 Å². The summed E-state index contributed by atoms with van der Waals surface area (Å²) in [5, 5.41) is 18.4. The quantitative estimate of drug-likeness (QED) is 0.840. The van der Waals surface area contributed by atoms with Crippen LogP contribution < -0.4 is 9.64 Å². The average Bonchev–Trinajstić information content (AvgIpc) is 2.72. The minimum absolute atomic E-state index is 0.0386. The molecule has 3 rings (SSSR count). The van der Waals surface area contributed by atoms with Crippen LogP contribution in [0.2, 0.25) is 0 Å². The number of piperazine rings is 1. The van der Waals surface area contributed by atoms with Crippen LogP contribution in [-0.4, -0.2) is 53.8 Å². The fourth-order valence-electron chi connectivity index (χ4n) is 3.24. The smallest absolute Gasteiger partial charge is 0.215 e. The predicted octanol–water partition coefficient (Wildman–Crippen LogP) is 2.17. The Morgan fingerprint density at radius 3 is 2.89 bits per heavy atom. The summed E-state index contributed by atoms with van der Waals surface area (Å²) in [6.45, 7) is 5.54. The number of halogens is 1. The van der Waals surface area contributed by atoms with Crippen molar-refractivity contribution in [2.45, 2.75) is 19.6 Å². The van der Waals surface area contributed by atoms with Gasteiger partial charge in [0.15, 0.2) is 0 Å². The van der Waals surface area contributed by atoms with Gasteiger partial charge in [0.1, 0.15) is 18.2 Å². The van der Waals surface area contributed by atoms with Gasteiger partial charge >= 0.3 is 0 Å². The van der Waals surface area contributed by atoms with E-state index in [9.17, 15) is 9.50 Å². The van der Waals surface area contributed by atoms with Gasteiger partial charge in [0, 0.05) is 31.3 Å². The van der Waals surface area contributed by atoms with Crippen molar-refractivity contribution in [3.05, 3.63) is 53.3 Å². The maximum atomic E-state index is 14.0. The molecule has 0 aliphatic carbocycles. The molecule has 2 aromatic rings. The van der Waals surface area contributed by atoms with Crippen LogP contribution in [0.4, 0.5) is 10.2 Å². The van der Waals surface area contributed by atoms with Crippen molar-refractivity contribution in [2.24, 2.45) is 0 Å². The fourth-order valence-corrected chi connectivity index (χ4v) is 3.24. The van der Waals surface area contributed by atoms with Crippen molar-refractivity contribution < 1.29 is 14.2 Å². The highest BCUT2D eigenvalue weighted by Crippen LogP contribution is 2.21. The zero-order chi connectivity index (χ0) is 19.2. The van der Waals surface area contributed by atoms with Gasteiger partial charge in [0.25, 0.3) is 0 Å². The van der Waals surface area contributed by atoms with Crippen molar-refractivity contribution in [3.63, 3.8) is 0 Å². The van der Waals surface area contributed by atoms with E-state index in [-0.39, 0.29) is 24.8 Å². The van der Waals surface area contributed by atoms with E-state index in [0.717, 1.165) is 25.5 Å². The number of aromatic nitrogens is 1. The molecule has 7 heteroatoms. The van der Waals surface area contributed by atoms with E-state index in [0.29, 0.717) is 18.0 Å². The van der Waals surface area contributed by atoms with E-state index in [1.165, 1.54) is 6.07 Å². The van der Waals surface area contributed by atoms with Crippen LogP contribution in [0.25, 0.3) is 0 Å². The number of aliphatic hydroxyl groups is 1. The summed E-state index contributed by atoms with van der Waals surface area (Å²) in [7, 11) is 0. The van der Waals surface area contributed by atoms with E-state index in [2.05, 4.69) is 21.7 Å². The molecule has 1 fully saturated rings. The Labute approximate surface area is 158 Å². The predicted molar refractivity (Wildman–Crippen MR) is 100 cm³/mol. The zero-order valence-electron chi connectivity index (χ0n) is 15.3. The minimum Gasteiger partial charge on any atom is -0.473 e. The first-order chi connectivity index (χ1) is 13.1. The largest absolute Gasteiger partial charge is 0.473 e. The summed E-state index contributed by atoms with van der Waals surface area (Å²) in [6, 6.07) is 11.8. The number of aliphatic hydroxyl groups excluding tert-OH is 1. The Bertz CT molecular complexity index is 824. The number of rotatable bonds is 6. The molecule has 1 saturated heterocycles. The van der Waals surface area contributed by atoms with E-state index in [4.69, 9.17) is 10.00 Å². The van der Waals surface area contributed by atoms with Gasteiger partial charge < -0.3 is 14.7 Å². The molecule has 1 aliphatic rings. The SMILES string of the molecule is CCN1CCN(c2cccc(OCc3ccc(C#N)cc3F)n2)C[C@@H]1CO. The number of nitriles is 1. The van der Waals surface area contributed by atoms with Crippen molar-refractivity contribution >= 4 is 5.82 Å². The third-order valence-electron chi connectivity index (χ3n) is 4.81. The third-order valence-corrected chi connectivity index (χ3v) is 4.81. The van der Waals surface area contributed by atoms with Gasteiger partial charge in [0.05, 0.1) is 24.3 Å². The Kier molecular flexibility index (Phi) is 6.22. The van der Waals surface area contributed by atoms with E-state index in [1.807, 2.05) is 18.2 Å². The van der Waals surface area contributed by atoms with E-state index >= 15 is 0 Å². The molecular formula is C20H23FN4O2. The van der Waals surface area contributed by atoms with Gasteiger partial charge in [0.2, 0.25) is 5.88 Å². The summed E-state index contributed by atoms with van der Waals surface area (Å²) < 4.78 is 19.6. The van der Waals surface area contributed by atoms with Crippen molar-refractivity contribution in [3.8, 4) is 11.9 Å². The molecule has 0 saturated carbocycles. The molecule has 1 N–H and O–H groups in total. The molecule has 2 heterocycles. The summed E-state index contributed by atoms with van der Waals surface area (Å²) in [4.78, 5) is 8.90. The van der Waals surface area contributed by atoms with Crippen molar-refractivity contribution in [1.82, 2.24) is 9.88 Å². The summed E-state index contributed by atoms with van der Waals surface area (Å²) in [5.74, 6) is 0.725. The van der Waals surface area contributed by atoms with Gasteiger partial charge in [-0.15, -0.1) is 0 Å². The van der Waals surface area contributed by atoms with Crippen LogP contribution >= 0.6 is 0 Å². The number of nitrogens with zero attached hydrogens (tertiary/aromatic N) is 4. The first-order valence-electron chi connectivity index (χ1n) is 9.02. The topological polar surface area (TPSA) is 72.6 Å². The molecule has 0 unspecified atom stereocenters. The molecule has 0 radical (unpaired) electrons. The monoisotopic (exact) mass is 370 g/mol. The number of benzene rings is 1. The van der Waals surface area contributed by atoms with Crippen LogP contribution in [0.3, 0.4) is 0 Å². The molecule has 1 aromatic carbocycles. The number of hydrogen-bond donors (Lipinski definition) is 1. The number of ether oxygens (including phenoxy) is 1. The number of anilines is 1. The Morgan fingerprint density at radius 1 is 1.33 bits per heavy atom. The first kappa shape index (κ1) is 19.1. The van der Waals surface area contributed by atoms with Gasteiger partial charge in [-0.1, -0.05) is 19.1 Å². The lowest BCUT2D eigenvalue weighted by Crippen LogP contribution is -2.54. The standard InChI is InChI=1S/C20H23FN4O2/c1-2-24-8-9-25(12-17(24)13-26)19-4-3-5-20(23-19)27-14-16-7-6-15(11-22)10-18(16)21/h3-7,10,17,26H,2,8-9,12-14H2,1H3/t17-/m1/s1. The number of pyridine rings is 1. The summed E-state index contributed by atoms with van der Waals surface area (Å²) in [6.07, 6.45) is 0. The molecule has 1 aliphatic heterocycles. The molecule has 0 amide bonds. The molecule has 1 atom stereocenters. The maximum Gasteiger partial charge on any atom is 0.215 e. The lowest BCUT2D eigenvalue weighted by atomic mass is 10.1. The van der Waals surface area contributed by atoms with Crippen molar-refractivity contribution in [1.29, 1.82) is 5.26 Å². The maximum absolute atomic E-state index is 14.0. The van der Waals surface area contributed by atoms with Crippen LogP contribution in [-0.2, 0) is 6.61 Å². The molecule has 1 aromatic heterocycles. The first-order valence-corrected chi connectivity index (χ1v) is 9.02. The van der Waals surface area contributed by atoms with E-state index in [1.54, 1.807) is 18.2 Å². The van der Waals surface area contributed by atoms with Crippen LogP contribution in [0.5, 0.6) is 5.88 Å². The minimum atomic E-state index is -0.466. The molecule has 6 nitrogen and oxygen atoms in total. The van der Waals surface area contributed by atoms with Gasteiger partial charge in [-0.2, -0.15) is 10.2 Å². The molecule has 0 spiro atoms. The summed E-state index contributed by atoms with van der Waals surface area (Å²) >= 11 is 0. The zero-order valence-corrected chi connectivity index (χ0v) is 15.3. The van der Waals surface area contributed by atoms with Crippen LogP contribution in [0.15, 0.2) is 36.4 Å². The lowest BCUT2D eigenvalue weighted by Gasteiger charge is -2.40. The number of hydrogen-bond acceptors (Lipinski definition) is 6. The molecular weight excluding hydrogens is 347 g/mol. The Balaban J connectivity index is 1.66. The average molecular weight is 370 g/mol.